The Hall–Kier alpha value is -0.570. The highest BCUT2D eigenvalue weighted by Crippen LogP contribution is 2.29. The van der Waals surface area contributed by atoms with Crippen LogP contribution in [0.4, 0.5) is 0 Å². The Morgan fingerprint density at radius 3 is 2.41 bits per heavy atom. The van der Waals surface area contributed by atoms with Gasteiger partial charge in [0.05, 0.1) is 0 Å². The summed E-state index contributed by atoms with van der Waals surface area (Å²) in [7, 11) is 0. The summed E-state index contributed by atoms with van der Waals surface area (Å²) in [5, 5.41) is 0. The van der Waals surface area contributed by atoms with E-state index in [-0.39, 0.29) is 5.92 Å². The lowest BCUT2D eigenvalue weighted by Gasteiger charge is -2.31. The number of unbranched alkanes of at least 4 members (excludes halogenated alkanes) is 1. The lowest BCUT2D eigenvalue weighted by Crippen LogP contribution is -2.41. The number of amides is 1. The quantitative estimate of drug-likeness (QED) is 0.775. The molecule has 0 heterocycles. The zero-order valence-corrected chi connectivity index (χ0v) is 11.5. The van der Waals surface area contributed by atoms with E-state index in [1.54, 1.807) is 0 Å². The topological polar surface area (TPSA) is 46.3 Å². The van der Waals surface area contributed by atoms with Gasteiger partial charge >= 0.3 is 0 Å². The molecule has 1 amide bonds. The molecule has 1 saturated carbocycles. The second-order valence-electron chi connectivity index (χ2n) is 5.42. The van der Waals surface area contributed by atoms with Crippen LogP contribution in [0.1, 0.15) is 52.4 Å². The molecule has 1 fully saturated rings. The Kier molecular flexibility index (Phi) is 6.56. The fraction of sp³-hybridized carbons (Fsp3) is 0.929. The van der Waals surface area contributed by atoms with Crippen LogP contribution >= 0.6 is 0 Å². The van der Waals surface area contributed by atoms with Gasteiger partial charge in [-0.2, -0.15) is 0 Å². The maximum atomic E-state index is 12.4. The van der Waals surface area contributed by atoms with Crippen molar-refractivity contribution in [1.29, 1.82) is 0 Å². The molecule has 0 atom stereocenters. The minimum Gasteiger partial charge on any atom is -0.341 e. The minimum absolute atomic E-state index is 0.273. The van der Waals surface area contributed by atoms with Crippen LogP contribution in [-0.2, 0) is 4.79 Å². The molecule has 2 N–H and O–H groups in total. The van der Waals surface area contributed by atoms with Crippen LogP contribution in [0.15, 0.2) is 0 Å². The fourth-order valence-electron chi connectivity index (χ4n) is 2.60. The summed E-state index contributed by atoms with van der Waals surface area (Å²) in [6.45, 7) is 6.64. The zero-order valence-electron chi connectivity index (χ0n) is 11.5. The molecule has 17 heavy (non-hydrogen) atoms. The van der Waals surface area contributed by atoms with E-state index >= 15 is 0 Å². The second kappa shape index (κ2) is 7.70. The van der Waals surface area contributed by atoms with Gasteiger partial charge < -0.3 is 10.6 Å². The molecule has 0 aliphatic heterocycles. The largest absolute Gasteiger partial charge is 0.341 e. The average Bonchev–Trinajstić information content (AvgIpc) is 2.34. The first-order chi connectivity index (χ1) is 8.19. The van der Waals surface area contributed by atoms with Crippen LogP contribution in [0.3, 0.4) is 0 Å². The van der Waals surface area contributed by atoms with E-state index in [1.807, 2.05) is 4.90 Å². The molecule has 0 aromatic rings. The third-order valence-electron chi connectivity index (χ3n) is 3.86. The molecule has 3 nitrogen and oxygen atoms in total. The first-order valence-corrected chi connectivity index (χ1v) is 7.17. The van der Waals surface area contributed by atoms with Gasteiger partial charge in [0.15, 0.2) is 0 Å². The number of hydrogen-bond acceptors (Lipinski definition) is 2. The predicted octanol–water partition coefficient (Wildman–Crippen LogP) is 2.40. The van der Waals surface area contributed by atoms with Gasteiger partial charge in [-0.3, -0.25) is 4.79 Å². The van der Waals surface area contributed by atoms with Crippen molar-refractivity contribution in [1.82, 2.24) is 4.90 Å². The molecule has 0 saturated heterocycles. The Morgan fingerprint density at radius 2 is 1.88 bits per heavy atom. The molecule has 0 bridgehead atoms. The highest BCUT2D eigenvalue weighted by atomic mass is 16.2. The van der Waals surface area contributed by atoms with Crippen molar-refractivity contribution in [3.63, 3.8) is 0 Å². The smallest absolute Gasteiger partial charge is 0.225 e. The average molecular weight is 240 g/mol. The normalized spacial score (nSPS) is 24.6. The number of rotatable bonds is 6. The molecule has 0 unspecified atom stereocenters. The van der Waals surface area contributed by atoms with Crippen LogP contribution < -0.4 is 5.73 Å². The van der Waals surface area contributed by atoms with Gasteiger partial charge in [-0.05, 0) is 38.0 Å². The Bertz CT molecular complexity index is 222. The Labute approximate surface area is 106 Å². The fourth-order valence-corrected chi connectivity index (χ4v) is 2.60. The van der Waals surface area contributed by atoms with Crippen LogP contribution in [-0.4, -0.2) is 30.4 Å². The summed E-state index contributed by atoms with van der Waals surface area (Å²) in [6, 6.07) is 0. The van der Waals surface area contributed by atoms with Crippen LogP contribution in [0, 0.1) is 11.8 Å². The highest BCUT2D eigenvalue weighted by molar-refractivity contribution is 5.78. The summed E-state index contributed by atoms with van der Waals surface area (Å²) < 4.78 is 0. The first-order valence-electron chi connectivity index (χ1n) is 7.17. The molecule has 0 aromatic carbocycles. The summed E-state index contributed by atoms with van der Waals surface area (Å²) >= 11 is 0. The molecule has 0 spiro atoms. The molecule has 0 aromatic heterocycles. The van der Waals surface area contributed by atoms with E-state index in [0.717, 1.165) is 44.7 Å². The monoisotopic (exact) mass is 240 g/mol. The van der Waals surface area contributed by atoms with E-state index in [9.17, 15) is 4.79 Å². The summed E-state index contributed by atoms with van der Waals surface area (Å²) in [4.78, 5) is 14.4. The van der Waals surface area contributed by atoms with Crippen LogP contribution in [0.2, 0.25) is 0 Å². The summed E-state index contributed by atoms with van der Waals surface area (Å²) in [6.07, 6.45) is 6.80. The van der Waals surface area contributed by atoms with Crippen molar-refractivity contribution in [2.75, 3.05) is 19.6 Å². The van der Waals surface area contributed by atoms with Crippen molar-refractivity contribution < 1.29 is 4.79 Å². The SMILES string of the molecule is CCCCN(CCN)C(=O)C1CCC(C)CC1. The van der Waals surface area contributed by atoms with Gasteiger partial charge in [-0.15, -0.1) is 0 Å². The van der Waals surface area contributed by atoms with Gasteiger partial charge in [0.2, 0.25) is 5.91 Å². The number of nitrogens with two attached hydrogens (primary N) is 1. The van der Waals surface area contributed by atoms with E-state index in [1.165, 1.54) is 12.8 Å². The van der Waals surface area contributed by atoms with E-state index in [2.05, 4.69) is 13.8 Å². The molecule has 100 valence electrons. The summed E-state index contributed by atoms with van der Waals surface area (Å²) in [5.74, 6) is 1.43. The molecule has 1 aliphatic rings. The van der Waals surface area contributed by atoms with Crippen molar-refractivity contribution in [2.24, 2.45) is 17.6 Å². The van der Waals surface area contributed by atoms with Crippen molar-refractivity contribution in [3.8, 4) is 0 Å². The molecular weight excluding hydrogens is 212 g/mol. The second-order valence-corrected chi connectivity index (χ2v) is 5.42. The zero-order chi connectivity index (χ0) is 12.7. The van der Waals surface area contributed by atoms with Gasteiger partial charge in [0, 0.05) is 25.6 Å². The molecular formula is C14H28N2O. The van der Waals surface area contributed by atoms with Gasteiger partial charge in [0.25, 0.3) is 0 Å². The molecule has 1 aliphatic carbocycles. The lowest BCUT2D eigenvalue weighted by atomic mass is 9.82. The Balaban J connectivity index is 2.45. The predicted molar refractivity (Wildman–Crippen MR) is 71.7 cm³/mol. The number of nitrogens with zero attached hydrogens (tertiary/aromatic N) is 1. The third-order valence-corrected chi connectivity index (χ3v) is 3.86. The third kappa shape index (κ3) is 4.66. The maximum absolute atomic E-state index is 12.4. The van der Waals surface area contributed by atoms with Gasteiger partial charge in [0.1, 0.15) is 0 Å². The van der Waals surface area contributed by atoms with Gasteiger partial charge in [-0.25, -0.2) is 0 Å². The molecule has 1 rings (SSSR count). The minimum atomic E-state index is 0.273. The maximum Gasteiger partial charge on any atom is 0.225 e. The van der Waals surface area contributed by atoms with Crippen LogP contribution in [0.5, 0.6) is 0 Å². The van der Waals surface area contributed by atoms with Crippen molar-refractivity contribution in [3.05, 3.63) is 0 Å². The van der Waals surface area contributed by atoms with Gasteiger partial charge in [-0.1, -0.05) is 20.3 Å². The molecule has 0 radical (unpaired) electrons. The van der Waals surface area contributed by atoms with E-state index < -0.39 is 0 Å². The lowest BCUT2D eigenvalue weighted by molar-refractivity contribution is -0.136. The first kappa shape index (κ1) is 14.5. The van der Waals surface area contributed by atoms with Crippen molar-refractivity contribution in [2.45, 2.75) is 52.4 Å². The highest BCUT2D eigenvalue weighted by Gasteiger charge is 2.27. The van der Waals surface area contributed by atoms with Crippen molar-refractivity contribution >= 4 is 5.91 Å². The summed E-state index contributed by atoms with van der Waals surface area (Å²) in [5.41, 5.74) is 5.60. The van der Waals surface area contributed by atoms with E-state index in [4.69, 9.17) is 5.73 Å². The standard InChI is InChI=1S/C14H28N2O/c1-3-4-10-16(11-9-15)14(17)13-7-5-12(2)6-8-13/h12-13H,3-11,15H2,1-2H3. The number of carbonyl (C=O) groups excluding carboxylic acids is 1. The number of carbonyl (C=O) groups is 1. The Morgan fingerprint density at radius 1 is 1.24 bits per heavy atom. The van der Waals surface area contributed by atoms with Crippen LogP contribution in [0.25, 0.3) is 0 Å². The molecule has 3 heteroatoms. The van der Waals surface area contributed by atoms with E-state index in [0.29, 0.717) is 12.5 Å². The number of hydrogen-bond donors (Lipinski definition) is 1.